The molecule has 0 bridgehead atoms. The largest absolute Gasteiger partial charge is 0.467 e. The van der Waals surface area contributed by atoms with E-state index >= 15 is 0 Å². The van der Waals surface area contributed by atoms with Gasteiger partial charge in [-0.2, -0.15) is 0 Å². The van der Waals surface area contributed by atoms with Gasteiger partial charge in [0.2, 0.25) is 11.8 Å². The van der Waals surface area contributed by atoms with Crippen LogP contribution in [0.15, 0.2) is 22.8 Å². The van der Waals surface area contributed by atoms with E-state index in [-0.39, 0.29) is 24.9 Å². The molecular formula is C14H23N3O4. The fraction of sp³-hybridized carbons (Fsp3) is 0.571. The number of hydrogen-bond donors (Lipinski definition) is 1. The summed E-state index contributed by atoms with van der Waals surface area (Å²) in [6.07, 6.45) is 1.56. The number of ether oxygens (including phenoxy) is 1. The van der Waals surface area contributed by atoms with Gasteiger partial charge >= 0.3 is 0 Å². The number of carbonyl (C=O) groups is 2. The van der Waals surface area contributed by atoms with E-state index in [4.69, 9.17) is 9.15 Å². The highest BCUT2D eigenvalue weighted by atomic mass is 16.5. The van der Waals surface area contributed by atoms with Crippen molar-refractivity contribution in [3.8, 4) is 0 Å². The monoisotopic (exact) mass is 297 g/mol. The van der Waals surface area contributed by atoms with Crippen molar-refractivity contribution in [1.29, 1.82) is 0 Å². The van der Waals surface area contributed by atoms with Gasteiger partial charge in [0.15, 0.2) is 0 Å². The van der Waals surface area contributed by atoms with Gasteiger partial charge in [-0.1, -0.05) is 0 Å². The van der Waals surface area contributed by atoms with Crippen LogP contribution in [0.2, 0.25) is 0 Å². The maximum Gasteiger partial charge on any atom is 0.236 e. The van der Waals surface area contributed by atoms with Crippen molar-refractivity contribution in [3.63, 3.8) is 0 Å². The summed E-state index contributed by atoms with van der Waals surface area (Å²) in [6, 6.07) is 3.56. The van der Waals surface area contributed by atoms with Crippen molar-refractivity contribution >= 4 is 11.8 Å². The summed E-state index contributed by atoms with van der Waals surface area (Å²) in [5, 5.41) is 2.75. The Kier molecular flexibility index (Phi) is 7.49. The molecule has 0 fully saturated rings. The van der Waals surface area contributed by atoms with Gasteiger partial charge in [-0.3, -0.25) is 14.5 Å². The van der Waals surface area contributed by atoms with E-state index in [2.05, 4.69) is 5.32 Å². The van der Waals surface area contributed by atoms with Gasteiger partial charge in [-0.25, -0.2) is 0 Å². The lowest BCUT2D eigenvalue weighted by molar-refractivity contribution is -0.131. The number of likely N-dealkylation sites (N-methyl/N-ethyl adjacent to an activating group) is 1. The van der Waals surface area contributed by atoms with Crippen LogP contribution in [-0.2, 0) is 20.9 Å². The molecule has 2 amide bonds. The summed E-state index contributed by atoms with van der Waals surface area (Å²) in [5.74, 6) is 0.482. The van der Waals surface area contributed by atoms with Gasteiger partial charge in [0.25, 0.3) is 0 Å². The van der Waals surface area contributed by atoms with Crippen LogP contribution in [0.1, 0.15) is 5.76 Å². The summed E-state index contributed by atoms with van der Waals surface area (Å²) >= 11 is 0. The zero-order chi connectivity index (χ0) is 15.7. The highest BCUT2D eigenvalue weighted by molar-refractivity contribution is 5.80. The molecule has 118 valence electrons. The van der Waals surface area contributed by atoms with Crippen LogP contribution in [0.4, 0.5) is 0 Å². The Balaban J connectivity index is 2.42. The van der Waals surface area contributed by atoms with E-state index in [0.717, 1.165) is 0 Å². The number of carbonyl (C=O) groups excluding carboxylic acids is 2. The molecule has 0 aromatic carbocycles. The lowest BCUT2D eigenvalue weighted by Gasteiger charge is -2.22. The van der Waals surface area contributed by atoms with Crippen molar-refractivity contribution in [2.24, 2.45) is 0 Å². The van der Waals surface area contributed by atoms with Gasteiger partial charge in [0.05, 0.1) is 32.5 Å². The molecule has 0 aliphatic carbocycles. The van der Waals surface area contributed by atoms with Crippen LogP contribution < -0.4 is 5.32 Å². The van der Waals surface area contributed by atoms with Crippen LogP contribution in [0.25, 0.3) is 0 Å². The Morgan fingerprint density at radius 1 is 1.33 bits per heavy atom. The van der Waals surface area contributed by atoms with Gasteiger partial charge < -0.3 is 19.4 Å². The fourth-order valence-corrected chi connectivity index (χ4v) is 1.62. The van der Waals surface area contributed by atoms with Crippen LogP contribution >= 0.6 is 0 Å². The van der Waals surface area contributed by atoms with E-state index in [1.54, 1.807) is 44.5 Å². The van der Waals surface area contributed by atoms with Crippen LogP contribution in [-0.4, -0.2) is 69.1 Å². The molecule has 1 N–H and O–H groups in total. The highest BCUT2D eigenvalue weighted by Gasteiger charge is 2.15. The third-order valence-electron chi connectivity index (χ3n) is 2.88. The molecule has 1 heterocycles. The summed E-state index contributed by atoms with van der Waals surface area (Å²) in [6.45, 7) is 1.65. The maximum atomic E-state index is 11.9. The Morgan fingerprint density at radius 3 is 2.67 bits per heavy atom. The second-order valence-corrected chi connectivity index (χ2v) is 4.85. The van der Waals surface area contributed by atoms with E-state index in [1.807, 2.05) is 0 Å². The Morgan fingerprint density at radius 2 is 2.10 bits per heavy atom. The minimum absolute atomic E-state index is 0.0510. The number of furan rings is 1. The normalized spacial score (nSPS) is 10.7. The molecule has 1 aromatic rings. The standard InChI is InChI=1S/C14H23N3O4/c1-16(2)14(19)11-17(6-8-20-3)10-13(18)15-9-12-5-4-7-21-12/h4-5,7H,6,8-11H2,1-3H3,(H,15,18). The Hall–Kier alpha value is -1.86. The summed E-state index contributed by atoms with van der Waals surface area (Å²) in [4.78, 5) is 26.9. The third-order valence-corrected chi connectivity index (χ3v) is 2.88. The van der Waals surface area contributed by atoms with Gasteiger partial charge in [-0.05, 0) is 12.1 Å². The zero-order valence-corrected chi connectivity index (χ0v) is 12.8. The molecule has 0 atom stereocenters. The van der Waals surface area contributed by atoms with E-state index < -0.39 is 0 Å². The van der Waals surface area contributed by atoms with Gasteiger partial charge in [0, 0.05) is 27.7 Å². The lowest BCUT2D eigenvalue weighted by atomic mass is 10.4. The first-order valence-electron chi connectivity index (χ1n) is 6.73. The van der Waals surface area contributed by atoms with Crippen molar-refractivity contribution in [2.45, 2.75) is 6.54 Å². The molecule has 1 aromatic heterocycles. The molecule has 0 saturated heterocycles. The third kappa shape index (κ3) is 6.92. The Labute approximate surface area is 124 Å². The van der Waals surface area contributed by atoms with Crippen molar-refractivity contribution < 1.29 is 18.7 Å². The first-order chi connectivity index (χ1) is 10.0. The number of nitrogens with zero attached hydrogens (tertiary/aromatic N) is 2. The minimum Gasteiger partial charge on any atom is -0.467 e. The molecule has 0 aliphatic heterocycles. The quantitative estimate of drug-likeness (QED) is 0.691. The van der Waals surface area contributed by atoms with Crippen molar-refractivity contribution in [3.05, 3.63) is 24.2 Å². The summed E-state index contributed by atoms with van der Waals surface area (Å²) in [5.41, 5.74) is 0. The topological polar surface area (TPSA) is 75.0 Å². The lowest BCUT2D eigenvalue weighted by Crippen LogP contribution is -2.43. The molecule has 1 rings (SSSR count). The number of nitrogens with one attached hydrogen (secondary N) is 1. The molecular weight excluding hydrogens is 274 g/mol. The Bertz CT molecular complexity index is 431. The molecule has 0 saturated carbocycles. The smallest absolute Gasteiger partial charge is 0.236 e. The highest BCUT2D eigenvalue weighted by Crippen LogP contribution is 1.99. The molecule has 0 unspecified atom stereocenters. The molecule has 7 heteroatoms. The molecule has 0 radical (unpaired) electrons. The van der Waals surface area contributed by atoms with Crippen LogP contribution in [0.3, 0.4) is 0 Å². The number of hydrogen-bond acceptors (Lipinski definition) is 5. The van der Waals surface area contributed by atoms with E-state index in [9.17, 15) is 9.59 Å². The molecule has 0 spiro atoms. The van der Waals surface area contributed by atoms with E-state index in [1.165, 1.54) is 4.90 Å². The average Bonchev–Trinajstić information content (AvgIpc) is 2.95. The van der Waals surface area contributed by atoms with E-state index in [0.29, 0.717) is 25.5 Å². The van der Waals surface area contributed by atoms with Crippen molar-refractivity contribution in [1.82, 2.24) is 15.1 Å². The SMILES string of the molecule is COCCN(CC(=O)NCc1ccco1)CC(=O)N(C)C. The summed E-state index contributed by atoms with van der Waals surface area (Å²) in [7, 11) is 4.96. The molecule has 21 heavy (non-hydrogen) atoms. The predicted octanol–water partition coefficient (Wildman–Crippen LogP) is -0.0676. The fourth-order valence-electron chi connectivity index (χ4n) is 1.62. The second kappa shape index (κ2) is 9.15. The zero-order valence-electron chi connectivity index (χ0n) is 12.8. The maximum absolute atomic E-state index is 11.9. The van der Waals surface area contributed by atoms with Gasteiger partial charge in [0.1, 0.15) is 5.76 Å². The first kappa shape index (κ1) is 17.2. The number of rotatable bonds is 9. The minimum atomic E-state index is -0.158. The first-order valence-corrected chi connectivity index (χ1v) is 6.73. The molecule has 7 nitrogen and oxygen atoms in total. The van der Waals surface area contributed by atoms with Gasteiger partial charge in [-0.15, -0.1) is 0 Å². The predicted molar refractivity (Wildman–Crippen MR) is 77.6 cm³/mol. The average molecular weight is 297 g/mol. The second-order valence-electron chi connectivity index (χ2n) is 4.85. The molecule has 0 aliphatic rings. The van der Waals surface area contributed by atoms with Crippen LogP contribution in [0.5, 0.6) is 0 Å². The number of methoxy groups -OCH3 is 1. The van der Waals surface area contributed by atoms with Crippen molar-refractivity contribution in [2.75, 3.05) is 47.4 Å². The van der Waals surface area contributed by atoms with Crippen LogP contribution in [0, 0.1) is 0 Å². The summed E-state index contributed by atoms with van der Waals surface area (Å²) < 4.78 is 10.1. The number of amides is 2.